The molecule has 0 bridgehead atoms. The molecule has 10 heteroatoms. The standard InChI is InChI=1S/C20H20N8OS/c1-27-9-7-14(10-27)28-19-16(18(21)22-11-23-19)17(26-28)12-2-4-13(5-3-12)20(29)25-15-6-8-24-30-15/h2-6,8,11,14H,7,9-10H2,1H3,(H,25,29)(H2,21,22,23). The normalized spacial score (nSPS) is 16.9. The van der Waals surface area contributed by atoms with Crippen LogP contribution in [0.5, 0.6) is 0 Å². The average Bonchev–Trinajstić information content (AvgIpc) is 3.48. The molecule has 1 saturated heterocycles. The maximum atomic E-state index is 12.4. The van der Waals surface area contributed by atoms with Crippen molar-refractivity contribution in [3.63, 3.8) is 0 Å². The van der Waals surface area contributed by atoms with Gasteiger partial charge in [0.05, 0.1) is 11.4 Å². The van der Waals surface area contributed by atoms with Crippen molar-refractivity contribution in [3.05, 3.63) is 48.4 Å². The quantitative estimate of drug-likeness (QED) is 0.521. The van der Waals surface area contributed by atoms with E-state index in [1.807, 2.05) is 16.8 Å². The van der Waals surface area contributed by atoms with Gasteiger partial charge in [0.15, 0.2) is 5.65 Å². The van der Waals surface area contributed by atoms with Gasteiger partial charge in [0, 0.05) is 30.4 Å². The van der Waals surface area contributed by atoms with Crippen LogP contribution >= 0.6 is 11.5 Å². The minimum Gasteiger partial charge on any atom is -0.383 e. The Labute approximate surface area is 176 Å². The largest absolute Gasteiger partial charge is 0.383 e. The van der Waals surface area contributed by atoms with Crippen LogP contribution in [0.2, 0.25) is 0 Å². The first kappa shape index (κ1) is 18.6. The zero-order valence-electron chi connectivity index (χ0n) is 16.3. The molecule has 1 aliphatic heterocycles. The minimum atomic E-state index is -0.182. The van der Waals surface area contributed by atoms with E-state index < -0.39 is 0 Å². The van der Waals surface area contributed by atoms with E-state index >= 15 is 0 Å². The number of nitrogen functional groups attached to an aromatic ring is 1. The Morgan fingerprint density at radius 1 is 1.23 bits per heavy atom. The Hall–Kier alpha value is -3.37. The van der Waals surface area contributed by atoms with Gasteiger partial charge in [-0.1, -0.05) is 12.1 Å². The minimum absolute atomic E-state index is 0.182. The number of likely N-dealkylation sites (N-methyl/N-ethyl adjacent to an activating group) is 1. The lowest BCUT2D eigenvalue weighted by atomic mass is 10.1. The zero-order chi connectivity index (χ0) is 20.7. The summed E-state index contributed by atoms with van der Waals surface area (Å²) in [6.45, 7) is 1.93. The Morgan fingerprint density at radius 2 is 2.07 bits per heavy atom. The molecule has 3 N–H and O–H groups in total. The topological polar surface area (TPSA) is 115 Å². The van der Waals surface area contributed by atoms with Gasteiger partial charge < -0.3 is 16.0 Å². The summed E-state index contributed by atoms with van der Waals surface area (Å²) in [5.74, 6) is 0.220. The third-order valence-corrected chi connectivity index (χ3v) is 5.99. The van der Waals surface area contributed by atoms with Crippen LogP contribution in [-0.2, 0) is 0 Å². The summed E-state index contributed by atoms with van der Waals surface area (Å²) in [7, 11) is 2.10. The third-order valence-electron chi connectivity index (χ3n) is 5.33. The first-order chi connectivity index (χ1) is 14.6. The summed E-state index contributed by atoms with van der Waals surface area (Å²) in [5.41, 5.74) is 9.09. The summed E-state index contributed by atoms with van der Waals surface area (Å²) in [6, 6.07) is 9.31. The predicted octanol–water partition coefficient (Wildman–Crippen LogP) is 2.66. The number of nitrogens with zero attached hydrogens (tertiary/aromatic N) is 6. The molecule has 30 heavy (non-hydrogen) atoms. The van der Waals surface area contributed by atoms with Crippen molar-refractivity contribution < 1.29 is 4.79 Å². The molecule has 4 aromatic rings. The van der Waals surface area contributed by atoms with Crippen LogP contribution in [0.4, 0.5) is 10.8 Å². The number of amides is 1. The number of hydrogen-bond donors (Lipinski definition) is 2. The Kier molecular flexibility index (Phi) is 4.64. The molecule has 0 saturated carbocycles. The molecule has 5 rings (SSSR count). The van der Waals surface area contributed by atoms with Crippen LogP contribution in [0.25, 0.3) is 22.3 Å². The number of fused-ring (bicyclic) bond motifs is 1. The van der Waals surface area contributed by atoms with E-state index in [4.69, 9.17) is 10.8 Å². The molecular formula is C20H20N8OS. The number of anilines is 2. The lowest BCUT2D eigenvalue weighted by Crippen LogP contribution is -2.17. The van der Waals surface area contributed by atoms with Crippen molar-refractivity contribution >= 4 is 39.3 Å². The third kappa shape index (κ3) is 3.29. The highest BCUT2D eigenvalue weighted by Gasteiger charge is 2.26. The van der Waals surface area contributed by atoms with Crippen molar-refractivity contribution in [2.24, 2.45) is 0 Å². The Bertz CT molecular complexity index is 1200. The molecular weight excluding hydrogens is 400 g/mol. The van der Waals surface area contributed by atoms with E-state index in [0.717, 1.165) is 41.8 Å². The van der Waals surface area contributed by atoms with E-state index in [1.54, 1.807) is 24.4 Å². The average molecular weight is 421 g/mol. The number of hydrogen-bond acceptors (Lipinski definition) is 8. The summed E-state index contributed by atoms with van der Waals surface area (Å²) >= 11 is 1.24. The highest BCUT2D eigenvalue weighted by atomic mass is 32.1. The number of nitrogens with two attached hydrogens (primary N) is 1. The van der Waals surface area contributed by atoms with Crippen LogP contribution in [0.15, 0.2) is 42.9 Å². The Balaban J connectivity index is 1.51. The number of aromatic nitrogens is 5. The fourth-order valence-electron chi connectivity index (χ4n) is 3.81. The molecule has 4 heterocycles. The molecule has 0 spiro atoms. The van der Waals surface area contributed by atoms with Gasteiger partial charge >= 0.3 is 0 Å². The Morgan fingerprint density at radius 3 is 2.77 bits per heavy atom. The van der Waals surface area contributed by atoms with Crippen LogP contribution in [0, 0.1) is 0 Å². The van der Waals surface area contributed by atoms with Gasteiger partial charge in [-0.25, -0.2) is 14.6 Å². The fourth-order valence-corrected chi connectivity index (χ4v) is 4.30. The van der Waals surface area contributed by atoms with Crippen LogP contribution < -0.4 is 11.1 Å². The van der Waals surface area contributed by atoms with Gasteiger partial charge in [-0.3, -0.25) is 4.79 Å². The van der Waals surface area contributed by atoms with Gasteiger partial charge in [-0.05, 0) is 43.2 Å². The molecule has 1 atom stereocenters. The highest BCUT2D eigenvalue weighted by molar-refractivity contribution is 7.10. The van der Waals surface area contributed by atoms with Crippen LogP contribution in [-0.4, -0.2) is 55.1 Å². The first-order valence-corrected chi connectivity index (χ1v) is 10.4. The zero-order valence-corrected chi connectivity index (χ0v) is 17.1. The van der Waals surface area contributed by atoms with Gasteiger partial charge in [0.1, 0.15) is 22.8 Å². The molecule has 0 radical (unpaired) electrons. The maximum Gasteiger partial charge on any atom is 0.256 e. The second kappa shape index (κ2) is 7.47. The molecule has 1 aliphatic rings. The van der Waals surface area contributed by atoms with Gasteiger partial charge in [-0.15, -0.1) is 0 Å². The van der Waals surface area contributed by atoms with Crippen LogP contribution in [0.3, 0.4) is 0 Å². The number of rotatable bonds is 4. The van der Waals surface area contributed by atoms with Crippen molar-refractivity contribution in [1.82, 2.24) is 29.0 Å². The van der Waals surface area contributed by atoms with E-state index in [1.165, 1.54) is 17.9 Å². The van der Waals surface area contributed by atoms with Crippen molar-refractivity contribution in [2.45, 2.75) is 12.5 Å². The van der Waals surface area contributed by atoms with Crippen molar-refractivity contribution in [1.29, 1.82) is 0 Å². The van der Waals surface area contributed by atoms with Gasteiger partial charge in [-0.2, -0.15) is 9.47 Å². The van der Waals surface area contributed by atoms with E-state index in [-0.39, 0.29) is 11.9 Å². The van der Waals surface area contributed by atoms with Crippen molar-refractivity contribution in [3.8, 4) is 11.3 Å². The fraction of sp³-hybridized carbons (Fsp3) is 0.250. The molecule has 0 aliphatic carbocycles. The molecule has 1 amide bonds. The molecule has 1 fully saturated rings. The summed E-state index contributed by atoms with van der Waals surface area (Å²) in [4.78, 5) is 23.4. The summed E-state index contributed by atoms with van der Waals surface area (Å²) < 4.78 is 5.96. The molecule has 1 unspecified atom stereocenters. The molecule has 152 valence electrons. The SMILES string of the molecule is CN1CCC(n2nc(-c3ccc(C(=O)Nc4ccns4)cc3)c3c(N)ncnc32)C1. The highest BCUT2D eigenvalue weighted by Crippen LogP contribution is 2.33. The lowest BCUT2D eigenvalue weighted by Gasteiger charge is -2.11. The molecule has 1 aromatic carbocycles. The number of likely N-dealkylation sites (tertiary alicyclic amines) is 1. The lowest BCUT2D eigenvalue weighted by molar-refractivity contribution is 0.102. The molecule has 3 aromatic heterocycles. The van der Waals surface area contributed by atoms with E-state index in [9.17, 15) is 4.79 Å². The number of benzene rings is 1. The smallest absolute Gasteiger partial charge is 0.256 e. The van der Waals surface area contributed by atoms with Crippen molar-refractivity contribution in [2.75, 3.05) is 31.2 Å². The van der Waals surface area contributed by atoms with E-state index in [0.29, 0.717) is 16.4 Å². The second-order valence-electron chi connectivity index (χ2n) is 7.36. The predicted molar refractivity (Wildman–Crippen MR) is 116 cm³/mol. The van der Waals surface area contributed by atoms with Gasteiger partial charge in [0.2, 0.25) is 0 Å². The maximum absolute atomic E-state index is 12.4. The van der Waals surface area contributed by atoms with E-state index in [2.05, 4.69) is 31.6 Å². The number of nitrogens with one attached hydrogen (secondary N) is 1. The monoisotopic (exact) mass is 420 g/mol. The first-order valence-electron chi connectivity index (χ1n) is 9.60. The molecule has 9 nitrogen and oxygen atoms in total. The number of carbonyl (C=O) groups excluding carboxylic acids is 1. The van der Waals surface area contributed by atoms with Crippen LogP contribution in [0.1, 0.15) is 22.8 Å². The second-order valence-corrected chi connectivity index (χ2v) is 8.20. The summed E-state index contributed by atoms with van der Waals surface area (Å²) in [5, 5.41) is 9.16. The van der Waals surface area contributed by atoms with Gasteiger partial charge in [0.25, 0.3) is 5.91 Å². The number of carbonyl (C=O) groups is 1. The summed E-state index contributed by atoms with van der Waals surface area (Å²) in [6.07, 6.45) is 4.14.